The molecule has 1 aliphatic heterocycles. The monoisotopic (exact) mass is 322 g/mol. The molecule has 2 aliphatic rings. The van der Waals surface area contributed by atoms with Crippen molar-refractivity contribution in [3.05, 3.63) is 35.9 Å². The lowest BCUT2D eigenvalue weighted by Gasteiger charge is -2.36. The molecule has 5 nitrogen and oxygen atoms in total. The standard InChI is InChI=1S/C16H22N2O3S/c1-2-13(12-8-4-3-5-9-12)17-16-18-22(19,20)15-11-7-6-10-14(15)21-16/h3-5,8-9,13-15H,2,6-7,10-11H2,1H3,(H,17,18)/t13-,14?,15?/m1/s1. The van der Waals surface area contributed by atoms with E-state index in [0.717, 1.165) is 31.2 Å². The summed E-state index contributed by atoms with van der Waals surface area (Å²) in [6.45, 7) is 2.03. The Morgan fingerprint density at radius 2 is 2.00 bits per heavy atom. The summed E-state index contributed by atoms with van der Waals surface area (Å²) in [5, 5.41) is -0.433. The van der Waals surface area contributed by atoms with E-state index in [-0.39, 0.29) is 18.2 Å². The molecule has 0 bridgehead atoms. The van der Waals surface area contributed by atoms with Crippen LogP contribution in [0.4, 0.5) is 0 Å². The topological polar surface area (TPSA) is 67.8 Å². The number of nitrogens with one attached hydrogen (secondary N) is 1. The van der Waals surface area contributed by atoms with Gasteiger partial charge in [-0.25, -0.2) is 18.1 Å². The van der Waals surface area contributed by atoms with Gasteiger partial charge >= 0.3 is 0 Å². The van der Waals surface area contributed by atoms with Gasteiger partial charge in [-0.3, -0.25) is 0 Å². The number of amidine groups is 1. The molecule has 2 unspecified atom stereocenters. The molecule has 0 radical (unpaired) electrons. The SMILES string of the molecule is CC[C@@H](N=C1NS(=O)(=O)C2CCCCC2O1)c1ccccc1. The minimum atomic E-state index is -3.37. The largest absolute Gasteiger partial charge is 0.460 e. The molecule has 1 heterocycles. The highest BCUT2D eigenvalue weighted by Gasteiger charge is 2.42. The smallest absolute Gasteiger partial charge is 0.299 e. The molecule has 120 valence electrons. The van der Waals surface area contributed by atoms with Crippen LogP contribution in [0, 0.1) is 0 Å². The summed E-state index contributed by atoms with van der Waals surface area (Å²) in [7, 11) is -3.37. The van der Waals surface area contributed by atoms with Gasteiger partial charge in [-0.15, -0.1) is 0 Å². The zero-order valence-corrected chi connectivity index (χ0v) is 13.6. The minimum Gasteiger partial charge on any atom is -0.460 e. The summed E-state index contributed by atoms with van der Waals surface area (Å²) >= 11 is 0. The molecule has 1 aromatic rings. The van der Waals surface area contributed by atoms with Crippen LogP contribution in [0.3, 0.4) is 0 Å². The van der Waals surface area contributed by atoms with Crippen molar-refractivity contribution >= 4 is 16.0 Å². The first kappa shape index (κ1) is 15.3. The number of aliphatic imine (C=N–C) groups is 1. The van der Waals surface area contributed by atoms with Crippen LogP contribution in [0.25, 0.3) is 0 Å². The highest BCUT2D eigenvalue weighted by atomic mass is 32.2. The summed E-state index contributed by atoms with van der Waals surface area (Å²) < 4.78 is 33.1. The average molecular weight is 322 g/mol. The predicted molar refractivity (Wildman–Crippen MR) is 86.1 cm³/mol. The molecule has 1 N–H and O–H groups in total. The van der Waals surface area contributed by atoms with Crippen molar-refractivity contribution in [1.82, 2.24) is 4.72 Å². The van der Waals surface area contributed by atoms with Crippen molar-refractivity contribution in [3.8, 4) is 0 Å². The van der Waals surface area contributed by atoms with Gasteiger partial charge in [0.05, 0.1) is 6.04 Å². The number of benzene rings is 1. The fourth-order valence-electron chi connectivity index (χ4n) is 3.19. The van der Waals surface area contributed by atoms with E-state index in [1.54, 1.807) is 0 Å². The fourth-order valence-corrected chi connectivity index (χ4v) is 4.76. The number of sulfonamides is 1. The van der Waals surface area contributed by atoms with Crippen molar-refractivity contribution in [2.45, 2.75) is 56.4 Å². The summed E-state index contributed by atoms with van der Waals surface area (Å²) in [5.41, 5.74) is 1.06. The lowest BCUT2D eigenvalue weighted by atomic mass is 9.97. The second-order valence-electron chi connectivity index (χ2n) is 5.90. The van der Waals surface area contributed by atoms with Gasteiger partial charge in [-0.05, 0) is 31.2 Å². The normalized spacial score (nSPS) is 30.0. The molecular weight excluding hydrogens is 300 g/mol. The molecule has 3 rings (SSSR count). The highest BCUT2D eigenvalue weighted by molar-refractivity contribution is 7.90. The molecular formula is C16H22N2O3S. The van der Waals surface area contributed by atoms with E-state index >= 15 is 0 Å². The Kier molecular flexibility index (Phi) is 4.38. The molecule has 2 fully saturated rings. The number of hydrogen-bond acceptors (Lipinski definition) is 4. The number of hydrogen-bond donors (Lipinski definition) is 1. The minimum absolute atomic E-state index is 0.0981. The first-order valence-corrected chi connectivity index (χ1v) is 9.46. The van der Waals surface area contributed by atoms with Crippen LogP contribution in [0.15, 0.2) is 35.3 Å². The number of rotatable bonds is 3. The highest BCUT2D eigenvalue weighted by Crippen LogP contribution is 2.30. The molecule has 1 saturated heterocycles. The third-order valence-electron chi connectivity index (χ3n) is 4.38. The fraction of sp³-hybridized carbons (Fsp3) is 0.562. The van der Waals surface area contributed by atoms with E-state index in [4.69, 9.17) is 4.74 Å². The van der Waals surface area contributed by atoms with Gasteiger partial charge in [0.25, 0.3) is 6.02 Å². The van der Waals surface area contributed by atoms with Crippen molar-refractivity contribution in [2.75, 3.05) is 0 Å². The summed E-state index contributed by atoms with van der Waals surface area (Å²) in [6.07, 6.45) is 3.94. The van der Waals surface area contributed by atoms with Gasteiger partial charge in [0.15, 0.2) is 0 Å². The van der Waals surface area contributed by atoms with E-state index in [1.807, 2.05) is 37.3 Å². The van der Waals surface area contributed by atoms with Gasteiger partial charge in [-0.2, -0.15) is 0 Å². The molecule has 0 amide bonds. The van der Waals surface area contributed by atoms with Crippen LogP contribution in [-0.4, -0.2) is 25.8 Å². The molecule has 0 aromatic heterocycles. The molecule has 0 spiro atoms. The van der Waals surface area contributed by atoms with E-state index in [9.17, 15) is 8.42 Å². The second kappa shape index (κ2) is 6.28. The quantitative estimate of drug-likeness (QED) is 0.930. The third-order valence-corrected chi connectivity index (χ3v) is 6.17. The number of ether oxygens (including phenoxy) is 1. The van der Waals surface area contributed by atoms with Crippen LogP contribution in [0.5, 0.6) is 0 Å². The summed E-state index contributed by atoms with van der Waals surface area (Å²) in [5.74, 6) is 0. The maximum Gasteiger partial charge on any atom is 0.299 e. The van der Waals surface area contributed by atoms with E-state index < -0.39 is 15.3 Å². The number of nitrogens with zero attached hydrogens (tertiary/aromatic N) is 1. The van der Waals surface area contributed by atoms with Crippen LogP contribution in [-0.2, 0) is 14.8 Å². The molecule has 1 saturated carbocycles. The van der Waals surface area contributed by atoms with Crippen LogP contribution >= 0.6 is 0 Å². The zero-order valence-electron chi connectivity index (χ0n) is 12.7. The lowest BCUT2D eigenvalue weighted by molar-refractivity contribution is 0.131. The van der Waals surface area contributed by atoms with Gasteiger partial charge in [0, 0.05) is 0 Å². The van der Waals surface area contributed by atoms with E-state index in [0.29, 0.717) is 6.42 Å². The van der Waals surface area contributed by atoms with E-state index in [1.165, 1.54) is 0 Å². The molecule has 6 heteroatoms. The first-order chi connectivity index (χ1) is 10.6. The molecule has 22 heavy (non-hydrogen) atoms. The van der Waals surface area contributed by atoms with Crippen molar-refractivity contribution in [2.24, 2.45) is 4.99 Å². The van der Waals surface area contributed by atoms with Crippen LogP contribution < -0.4 is 4.72 Å². The Morgan fingerprint density at radius 1 is 1.27 bits per heavy atom. The Labute approximate surface area is 131 Å². The van der Waals surface area contributed by atoms with Crippen LogP contribution in [0.2, 0.25) is 0 Å². The van der Waals surface area contributed by atoms with Crippen molar-refractivity contribution in [3.63, 3.8) is 0 Å². The van der Waals surface area contributed by atoms with Gasteiger partial charge in [-0.1, -0.05) is 43.7 Å². The van der Waals surface area contributed by atoms with Gasteiger partial charge in [0.1, 0.15) is 11.4 Å². The van der Waals surface area contributed by atoms with E-state index in [2.05, 4.69) is 9.71 Å². The zero-order chi connectivity index (χ0) is 15.6. The summed E-state index contributed by atoms with van der Waals surface area (Å²) in [4.78, 5) is 4.52. The average Bonchev–Trinajstić information content (AvgIpc) is 2.53. The maximum atomic E-state index is 12.4. The van der Waals surface area contributed by atoms with Crippen molar-refractivity contribution < 1.29 is 13.2 Å². The van der Waals surface area contributed by atoms with Gasteiger partial charge < -0.3 is 4.74 Å². The van der Waals surface area contributed by atoms with Gasteiger partial charge in [0.2, 0.25) is 10.0 Å². The Morgan fingerprint density at radius 3 is 2.73 bits per heavy atom. The first-order valence-electron chi connectivity index (χ1n) is 7.91. The lowest BCUT2D eigenvalue weighted by Crippen LogP contribution is -2.54. The summed E-state index contributed by atoms with van der Waals surface area (Å²) in [6, 6.07) is 9.92. The molecule has 1 aromatic carbocycles. The Bertz CT molecular complexity index is 643. The Balaban J connectivity index is 1.84. The number of fused-ring (bicyclic) bond motifs is 1. The molecule has 3 atom stereocenters. The van der Waals surface area contributed by atoms with Crippen LogP contribution in [0.1, 0.15) is 50.6 Å². The maximum absolute atomic E-state index is 12.4. The van der Waals surface area contributed by atoms with Crippen molar-refractivity contribution in [1.29, 1.82) is 0 Å². The predicted octanol–water partition coefficient (Wildman–Crippen LogP) is 2.75. The Hall–Kier alpha value is -1.56. The second-order valence-corrected chi connectivity index (χ2v) is 7.79. The molecule has 1 aliphatic carbocycles. The third kappa shape index (κ3) is 3.11.